The summed E-state index contributed by atoms with van der Waals surface area (Å²) in [5.74, 6) is 0.00402. The number of hydrogen-bond donors (Lipinski definition) is 0. The van der Waals surface area contributed by atoms with E-state index in [2.05, 4.69) is 0 Å². The van der Waals surface area contributed by atoms with Gasteiger partial charge in [-0.3, -0.25) is 0 Å². The highest BCUT2D eigenvalue weighted by Crippen LogP contribution is 2.33. The van der Waals surface area contributed by atoms with Crippen LogP contribution < -0.4 is 10.6 Å². The van der Waals surface area contributed by atoms with Gasteiger partial charge in [0.1, 0.15) is 0 Å². The summed E-state index contributed by atoms with van der Waals surface area (Å²) in [6.07, 6.45) is 0.551. The normalized spacial score (nSPS) is 11.7. The molecule has 0 spiro atoms. The number of halogens is 1. The van der Waals surface area contributed by atoms with Crippen molar-refractivity contribution >= 4 is 38.3 Å². The number of benzene rings is 2. The van der Waals surface area contributed by atoms with Crippen LogP contribution >= 0.6 is 18.6 Å². The van der Waals surface area contributed by atoms with Gasteiger partial charge in [-0.1, -0.05) is 60.7 Å². The third kappa shape index (κ3) is 4.61. The summed E-state index contributed by atoms with van der Waals surface area (Å²) >= 11 is 0. The molecule has 0 heterocycles. The zero-order valence-electron chi connectivity index (χ0n) is 10.2. The third-order valence-electron chi connectivity index (χ3n) is 2.69. The second-order valence-electron chi connectivity index (χ2n) is 4.07. The van der Waals surface area contributed by atoms with Crippen LogP contribution in [0.25, 0.3) is 0 Å². The fourth-order valence-electron chi connectivity index (χ4n) is 1.82. The smallest absolute Gasteiger partial charge is 0.212 e. The van der Waals surface area contributed by atoms with E-state index >= 15 is 0 Å². The van der Waals surface area contributed by atoms with Gasteiger partial charge in [-0.2, -0.15) is 0 Å². The molecule has 2 rings (SSSR count). The first-order valence-corrected chi connectivity index (χ1v) is 9.87. The summed E-state index contributed by atoms with van der Waals surface area (Å²) < 4.78 is 22.3. The molecule has 2 aromatic rings. The minimum atomic E-state index is -3.45. The molecule has 100 valence electrons. The molecule has 0 saturated carbocycles. The van der Waals surface area contributed by atoms with Gasteiger partial charge in [0.15, 0.2) is 0 Å². The fourth-order valence-corrected chi connectivity index (χ4v) is 5.93. The van der Waals surface area contributed by atoms with Crippen LogP contribution in [0.1, 0.15) is 0 Å². The van der Waals surface area contributed by atoms with Crippen LogP contribution in [0.15, 0.2) is 60.7 Å². The van der Waals surface area contributed by atoms with Crippen LogP contribution in [0.2, 0.25) is 0 Å². The summed E-state index contributed by atoms with van der Waals surface area (Å²) in [6, 6.07) is 20.0. The van der Waals surface area contributed by atoms with Crippen molar-refractivity contribution < 1.29 is 8.42 Å². The SMILES string of the molecule is O=S(=O)(Cl)CCP(c1ccccc1)c1ccccc1. The summed E-state index contributed by atoms with van der Waals surface area (Å²) in [4.78, 5) is 0. The minimum absolute atomic E-state index is 0.00402. The zero-order chi connectivity index (χ0) is 13.7. The van der Waals surface area contributed by atoms with Crippen molar-refractivity contribution in [2.45, 2.75) is 0 Å². The molecule has 5 heteroatoms. The molecule has 0 N–H and O–H groups in total. The lowest BCUT2D eigenvalue weighted by molar-refractivity contribution is 0.611. The van der Waals surface area contributed by atoms with Gasteiger partial charge < -0.3 is 0 Å². The molecule has 0 bridgehead atoms. The van der Waals surface area contributed by atoms with Gasteiger partial charge in [0, 0.05) is 10.7 Å². The molecular weight excluding hydrogens is 299 g/mol. The molecule has 0 radical (unpaired) electrons. The summed E-state index contributed by atoms with van der Waals surface area (Å²) in [5.41, 5.74) is 0. The van der Waals surface area contributed by atoms with Crippen molar-refractivity contribution in [2.24, 2.45) is 0 Å². The highest BCUT2D eigenvalue weighted by Gasteiger charge is 2.16. The minimum Gasteiger partial charge on any atom is -0.212 e. The Labute approximate surface area is 119 Å². The van der Waals surface area contributed by atoms with Crippen LogP contribution in [0, 0.1) is 0 Å². The monoisotopic (exact) mass is 312 g/mol. The highest BCUT2D eigenvalue weighted by atomic mass is 35.7. The second-order valence-corrected chi connectivity index (χ2v) is 9.30. The Bertz CT molecular complexity index is 575. The van der Waals surface area contributed by atoms with E-state index in [0.717, 1.165) is 0 Å². The van der Waals surface area contributed by atoms with Crippen molar-refractivity contribution in [3.8, 4) is 0 Å². The molecule has 0 aliphatic rings. The third-order valence-corrected chi connectivity index (χ3v) is 6.67. The largest absolute Gasteiger partial charge is 0.232 e. The molecule has 0 atom stereocenters. The Hall–Kier alpha value is -0.890. The van der Waals surface area contributed by atoms with Crippen LogP contribution in [0.3, 0.4) is 0 Å². The van der Waals surface area contributed by atoms with Crippen LogP contribution in [0.4, 0.5) is 0 Å². The van der Waals surface area contributed by atoms with Gasteiger partial charge in [-0.25, -0.2) is 8.42 Å². The Kier molecular flexibility index (Phi) is 4.98. The van der Waals surface area contributed by atoms with Gasteiger partial charge in [0.25, 0.3) is 0 Å². The Balaban J connectivity index is 2.29. The van der Waals surface area contributed by atoms with Crippen molar-refractivity contribution in [1.29, 1.82) is 0 Å². The van der Waals surface area contributed by atoms with E-state index in [1.165, 1.54) is 10.6 Å². The first-order chi connectivity index (χ1) is 9.06. The molecule has 0 aliphatic carbocycles. The number of rotatable bonds is 5. The first-order valence-electron chi connectivity index (χ1n) is 5.86. The summed E-state index contributed by atoms with van der Waals surface area (Å²) in [7, 11) is 1.21. The predicted octanol–water partition coefficient (Wildman–Crippen LogP) is 2.69. The van der Waals surface area contributed by atoms with Crippen molar-refractivity contribution in [1.82, 2.24) is 0 Å². The van der Waals surface area contributed by atoms with Crippen LogP contribution in [-0.4, -0.2) is 20.3 Å². The molecule has 2 aromatic carbocycles. The van der Waals surface area contributed by atoms with Gasteiger partial charge in [0.2, 0.25) is 9.05 Å². The molecule has 0 fully saturated rings. The second kappa shape index (κ2) is 6.51. The van der Waals surface area contributed by atoms with Crippen molar-refractivity contribution in [3.63, 3.8) is 0 Å². The molecule has 2 nitrogen and oxygen atoms in total. The maximum atomic E-state index is 11.2. The van der Waals surface area contributed by atoms with Crippen LogP contribution in [-0.2, 0) is 9.05 Å². The van der Waals surface area contributed by atoms with E-state index in [-0.39, 0.29) is 5.75 Å². The molecule has 0 unspecified atom stereocenters. The molecule has 19 heavy (non-hydrogen) atoms. The highest BCUT2D eigenvalue weighted by molar-refractivity contribution is 8.14. The quantitative estimate of drug-likeness (QED) is 0.628. The average molecular weight is 313 g/mol. The lowest BCUT2D eigenvalue weighted by atomic mass is 10.4. The van der Waals surface area contributed by atoms with Crippen molar-refractivity contribution in [3.05, 3.63) is 60.7 Å². The molecule has 0 saturated heterocycles. The standard InChI is InChI=1S/C14H14ClO2PS/c15-19(16,17)12-11-18(13-7-3-1-4-8-13)14-9-5-2-6-10-14/h1-10H,11-12H2. The predicted molar refractivity (Wildman–Crippen MR) is 83.6 cm³/mol. The van der Waals surface area contributed by atoms with E-state index in [0.29, 0.717) is 6.16 Å². The maximum Gasteiger partial charge on any atom is 0.232 e. The van der Waals surface area contributed by atoms with E-state index in [4.69, 9.17) is 10.7 Å². The Morgan fingerprint density at radius 3 is 1.63 bits per heavy atom. The van der Waals surface area contributed by atoms with E-state index in [9.17, 15) is 8.42 Å². The van der Waals surface area contributed by atoms with Crippen molar-refractivity contribution in [2.75, 3.05) is 11.9 Å². The van der Waals surface area contributed by atoms with E-state index in [1.807, 2.05) is 60.7 Å². The lowest BCUT2D eigenvalue weighted by Gasteiger charge is -2.17. The van der Waals surface area contributed by atoms with E-state index < -0.39 is 17.0 Å². The molecular formula is C14H14ClO2PS. The topological polar surface area (TPSA) is 34.1 Å². The van der Waals surface area contributed by atoms with Gasteiger partial charge in [0.05, 0.1) is 5.75 Å². The Morgan fingerprint density at radius 1 is 0.842 bits per heavy atom. The molecule has 0 aliphatic heterocycles. The molecule has 0 amide bonds. The average Bonchev–Trinajstić information content (AvgIpc) is 2.40. The van der Waals surface area contributed by atoms with Crippen LogP contribution in [0.5, 0.6) is 0 Å². The molecule has 0 aromatic heterocycles. The first kappa shape index (κ1) is 14.5. The van der Waals surface area contributed by atoms with Gasteiger partial charge >= 0.3 is 0 Å². The van der Waals surface area contributed by atoms with E-state index in [1.54, 1.807) is 0 Å². The number of hydrogen-bond acceptors (Lipinski definition) is 2. The zero-order valence-corrected chi connectivity index (χ0v) is 12.7. The summed E-state index contributed by atoms with van der Waals surface area (Å²) in [5, 5.41) is 2.34. The lowest BCUT2D eigenvalue weighted by Crippen LogP contribution is -2.17. The Morgan fingerprint density at radius 2 is 1.26 bits per heavy atom. The summed E-state index contributed by atoms with van der Waals surface area (Å²) in [6.45, 7) is 0. The van der Waals surface area contributed by atoms with Gasteiger partial charge in [-0.05, 0) is 24.7 Å². The van der Waals surface area contributed by atoms with Gasteiger partial charge in [-0.15, -0.1) is 0 Å². The maximum absolute atomic E-state index is 11.2. The fraction of sp³-hybridized carbons (Fsp3) is 0.143.